The molecule has 5 heteroatoms. The van der Waals surface area contributed by atoms with Crippen LogP contribution in [0.3, 0.4) is 0 Å². The summed E-state index contributed by atoms with van der Waals surface area (Å²) in [5.41, 5.74) is 3.73. The zero-order valence-corrected chi connectivity index (χ0v) is 17.1. The number of likely N-dealkylation sites (N-methyl/N-ethyl adjacent to an activating group) is 1. The van der Waals surface area contributed by atoms with Gasteiger partial charge in [0.25, 0.3) is 0 Å². The zero-order valence-electron chi connectivity index (χ0n) is 15.5. The van der Waals surface area contributed by atoms with Gasteiger partial charge in [-0.1, -0.05) is 46.3 Å². The Hall–Kier alpha value is -2.66. The SMILES string of the molecule is CCN(CC)C(=O)/C=C\c1cn(-c2ccccc2)nc1-c1ccc(Br)cc1. The Morgan fingerprint density at radius 1 is 1.07 bits per heavy atom. The molecule has 0 fully saturated rings. The molecule has 0 unspecified atom stereocenters. The highest BCUT2D eigenvalue weighted by Gasteiger charge is 2.12. The third-order valence-corrected chi connectivity index (χ3v) is 4.89. The first-order valence-electron chi connectivity index (χ1n) is 9.00. The fraction of sp³-hybridized carbons (Fsp3) is 0.182. The number of aromatic nitrogens is 2. The van der Waals surface area contributed by atoms with Crippen LogP contribution in [0.4, 0.5) is 0 Å². The van der Waals surface area contributed by atoms with Gasteiger partial charge >= 0.3 is 0 Å². The van der Waals surface area contributed by atoms with Crippen molar-refractivity contribution in [1.29, 1.82) is 0 Å². The highest BCUT2D eigenvalue weighted by Crippen LogP contribution is 2.26. The molecule has 0 spiro atoms. The van der Waals surface area contributed by atoms with Gasteiger partial charge in [-0.05, 0) is 44.2 Å². The van der Waals surface area contributed by atoms with Crippen LogP contribution in [0.15, 0.2) is 71.3 Å². The van der Waals surface area contributed by atoms with Crippen molar-refractivity contribution in [2.24, 2.45) is 0 Å². The number of benzene rings is 2. The van der Waals surface area contributed by atoms with Gasteiger partial charge in [0.2, 0.25) is 5.91 Å². The van der Waals surface area contributed by atoms with Crippen molar-refractivity contribution in [2.45, 2.75) is 13.8 Å². The van der Waals surface area contributed by atoms with Gasteiger partial charge in [0, 0.05) is 41.0 Å². The lowest BCUT2D eigenvalue weighted by Crippen LogP contribution is -2.28. The maximum Gasteiger partial charge on any atom is 0.246 e. The summed E-state index contributed by atoms with van der Waals surface area (Å²) < 4.78 is 2.86. The van der Waals surface area contributed by atoms with E-state index in [9.17, 15) is 4.79 Å². The average molecular weight is 424 g/mol. The standard InChI is InChI=1S/C22H22BrN3O/c1-3-25(4-2)21(27)15-12-18-16-26(20-8-6-5-7-9-20)24-22(18)17-10-13-19(23)14-11-17/h5-16H,3-4H2,1-2H3/b15-12-. The van der Waals surface area contributed by atoms with E-state index < -0.39 is 0 Å². The lowest BCUT2D eigenvalue weighted by Gasteiger charge is -2.15. The van der Waals surface area contributed by atoms with Crippen LogP contribution < -0.4 is 0 Å². The summed E-state index contributed by atoms with van der Waals surface area (Å²) in [5, 5.41) is 4.77. The lowest BCUT2D eigenvalue weighted by atomic mass is 10.1. The van der Waals surface area contributed by atoms with Crippen molar-refractivity contribution in [3.8, 4) is 16.9 Å². The number of rotatable bonds is 6. The van der Waals surface area contributed by atoms with E-state index in [1.165, 1.54) is 0 Å². The van der Waals surface area contributed by atoms with E-state index in [0.29, 0.717) is 13.1 Å². The molecule has 0 radical (unpaired) electrons. The molecule has 4 nitrogen and oxygen atoms in total. The smallest absolute Gasteiger partial charge is 0.246 e. The van der Waals surface area contributed by atoms with Gasteiger partial charge in [-0.3, -0.25) is 4.79 Å². The van der Waals surface area contributed by atoms with Crippen molar-refractivity contribution in [3.63, 3.8) is 0 Å². The van der Waals surface area contributed by atoms with Crippen molar-refractivity contribution in [1.82, 2.24) is 14.7 Å². The van der Waals surface area contributed by atoms with Gasteiger partial charge in [0.1, 0.15) is 0 Å². The minimum atomic E-state index is 0.00853. The Bertz CT molecular complexity index is 926. The van der Waals surface area contributed by atoms with E-state index in [0.717, 1.165) is 27.0 Å². The van der Waals surface area contributed by atoms with Gasteiger partial charge in [-0.25, -0.2) is 4.68 Å². The Morgan fingerprint density at radius 3 is 2.37 bits per heavy atom. The highest BCUT2D eigenvalue weighted by molar-refractivity contribution is 9.10. The summed E-state index contributed by atoms with van der Waals surface area (Å²) in [6, 6.07) is 18.0. The Morgan fingerprint density at radius 2 is 1.74 bits per heavy atom. The summed E-state index contributed by atoms with van der Waals surface area (Å²) in [4.78, 5) is 14.1. The Kier molecular flexibility index (Phi) is 6.24. The first-order chi connectivity index (χ1) is 13.1. The molecule has 138 valence electrons. The molecule has 2 aromatic carbocycles. The van der Waals surface area contributed by atoms with Crippen LogP contribution in [0.25, 0.3) is 23.0 Å². The molecule has 3 rings (SSSR count). The van der Waals surface area contributed by atoms with E-state index in [2.05, 4.69) is 15.9 Å². The quantitative estimate of drug-likeness (QED) is 0.512. The molecule has 3 aromatic rings. The summed E-state index contributed by atoms with van der Waals surface area (Å²) in [6.45, 7) is 5.36. The molecular weight excluding hydrogens is 402 g/mol. The maximum absolute atomic E-state index is 12.4. The minimum absolute atomic E-state index is 0.00853. The minimum Gasteiger partial charge on any atom is -0.340 e. The van der Waals surface area contributed by atoms with Gasteiger partial charge in [-0.15, -0.1) is 0 Å². The van der Waals surface area contributed by atoms with Crippen LogP contribution in [0.5, 0.6) is 0 Å². The van der Waals surface area contributed by atoms with Gasteiger partial charge in [-0.2, -0.15) is 5.10 Å². The molecule has 1 amide bonds. The number of hydrogen-bond donors (Lipinski definition) is 0. The third-order valence-electron chi connectivity index (χ3n) is 4.36. The molecular formula is C22H22BrN3O. The largest absolute Gasteiger partial charge is 0.340 e. The summed E-state index contributed by atoms with van der Waals surface area (Å²) in [5.74, 6) is 0.00853. The molecule has 1 heterocycles. The lowest BCUT2D eigenvalue weighted by molar-refractivity contribution is -0.125. The van der Waals surface area contributed by atoms with Crippen LogP contribution in [-0.2, 0) is 4.79 Å². The van der Waals surface area contributed by atoms with Crippen LogP contribution >= 0.6 is 15.9 Å². The molecule has 1 aromatic heterocycles. The second kappa shape index (κ2) is 8.82. The molecule has 0 saturated heterocycles. The van der Waals surface area contributed by atoms with Crippen molar-refractivity contribution in [2.75, 3.05) is 13.1 Å². The predicted octanol–water partition coefficient (Wildman–Crippen LogP) is 5.18. The summed E-state index contributed by atoms with van der Waals surface area (Å²) >= 11 is 3.47. The average Bonchev–Trinajstić information content (AvgIpc) is 3.13. The summed E-state index contributed by atoms with van der Waals surface area (Å²) in [6.07, 6.45) is 5.44. The molecule has 0 aliphatic rings. The predicted molar refractivity (Wildman–Crippen MR) is 114 cm³/mol. The normalized spacial score (nSPS) is 11.1. The van der Waals surface area contributed by atoms with Gasteiger partial charge in [0.15, 0.2) is 0 Å². The zero-order chi connectivity index (χ0) is 19.2. The number of carbonyl (C=O) groups is 1. The molecule has 0 aliphatic heterocycles. The topological polar surface area (TPSA) is 38.1 Å². The molecule has 27 heavy (non-hydrogen) atoms. The fourth-order valence-corrected chi connectivity index (χ4v) is 3.12. The number of carbonyl (C=O) groups excluding carboxylic acids is 1. The van der Waals surface area contributed by atoms with Gasteiger partial charge < -0.3 is 4.90 Å². The van der Waals surface area contributed by atoms with E-state index in [1.807, 2.05) is 85.4 Å². The van der Waals surface area contributed by atoms with E-state index in [-0.39, 0.29) is 5.91 Å². The van der Waals surface area contributed by atoms with E-state index >= 15 is 0 Å². The monoisotopic (exact) mass is 423 g/mol. The number of para-hydroxylation sites is 1. The molecule has 0 atom stereocenters. The van der Waals surface area contributed by atoms with Crippen molar-refractivity contribution in [3.05, 3.63) is 76.9 Å². The fourth-order valence-electron chi connectivity index (χ4n) is 2.86. The molecule has 0 aliphatic carbocycles. The van der Waals surface area contributed by atoms with E-state index in [1.54, 1.807) is 11.0 Å². The Balaban J connectivity index is 2.01. The van der Waals surface area contributed by atoms with Crippen LogP contribution in [-0.4, -0.2) is 33.7 Å². The number of halogens is 1. The highest BCUT2D eigenvalue weighted by atomic mass is 79.9. The Labute approximate surface area is 168 Å². The number of nitrogens with zero attached hydrogens (tertiary/aromatic N) is 3. The number of amides is 1. The van der Waals surface area contributed by atoms with E-state index in [4.69, 9.17) is 5.10 Å². The van der Waals surface area contributed by atoms with Crippen LogP contribution in [0, 0.1) is 0 Å². The molecule has 0 bridgehead atoms. The van der Waals surface area contributed by atoms with Gasteiger partial charge in [0.05, 0.1) is 11.4 Å². The van der Waals surface area contributed by atoms with Crippen LogP contribution in [0.1, 0.15) is 19.4 Å². The molecule has 0 saturated carbocycles. The second-order valence-electron chi connectivity index (χ2n) is 6.06. The maximum atomic E-state index is 12.4. The van der Waals surface area contributed by atoms with Crippen LogP contribution in [0.2, 0.25) is 0 Å². The molecule has 0 N–H and O–H groups in total. The third kappa shape index (κ3) is 4.55. The number of hydrogen-bond acceptors (Lipinski definition) is 2. The first-order valence-corrected chi connectivity index (χ1v) is 9.79. The van der Waals surface area contributed by atoms with Crippen molar-refractivity contribution >= 4 is 27.9 Å². The first kappa shape index (κ1) is 19.1. The summed E-state index contributed by atoms with van der Waals surface area (Å²) in [7, 11) is 0. The second-order valence-corrected chi connectivity index (χ2v) is 6.98. The van der Waals surface area contributed by atoms with Crippen molar-refractivity contribution < 1.29 is 4.79 Å².